The third-order valence-electron chi connectivity index (χ3n) is 3.16. The number of aryl methyl sites for hydroxylation is 2. The lowest BCUT2D eigenvalue weighted by Gasteiger charge is -2.08. The zero-order chi connectivity index (χ0) is 13.7. The van der Waals surface area contributed by atoms with Crippen molar-refractivity contribution in [3.8, 4) is 0 Å². The lowest BCUT2D eigenvalue weighted by molar-refractivity contribution is 0.577. The summed E-state index contributed by atoms with van der Waals surface area (Å²) in [5.41, 5.74) is 3.50. The molecule has 0 saturated heterocycles. The molecule has 0 spiro atoms. The maximum absolute atomic E-state index is 6.13. The Morgan fingerprint density at radius 2 is 2.00 bits per heavy atom. The molecule has 1 N–H and O–H groups in total. The molecule has 1 aromatic carbocycles. The average Bonchev–Trinajstić information content (AvgIpc) is 2.83. The van der Waals surface area contributed by atoms with Crippen LogP contribution >= 0.6 is 11.6 Å². The molecule has 0 atom stereocenters. The highest BCUT2D eigenvalue weighted by atomic mass is 35.5. The molecule has 1 heterocycles. The van der Waals surface area contributed by atoms with E-state index in [9.17, 15) is 0 Å². The molecule has 0 fully saturated rings. The van der Waals surface area contributed by atoms with E-state index >= 15 is 0 Å². The summed E-state index contributed by atoms with van der Waals surface area (Å²) in [7, 11) is 0. The largest absolute Gasteiger partial charge is 0.307 e. The summed E-state index contributed by atoms with van der Waals surface area (Å²) in [6, 6.07) is 10.1. The second kappa shape index (κ2) is 6.73. The van der Waals surface area contributed by atoms with Crippen LogP contribution in [0.5, 0.6) is 0 Å². The first-order chi connectivity index (χ1) is 9.24. The summed E-state index contributed by atoms with van der Waals surface area (Å²) >= 11 is 6.13. The van der Waals surface area contributed by atoms with E-state index in [0.717, 1.165) is 42.3 Å². The number of rotatable bonds is 6. The molecule has 0 aliphatic carbocycles. The number of benzene rings is 1. The van der Waals surface area contributed by atoms with Gasteiger partial charge in [0.1, 0.15) is 0 Å². The highest BCUT2D eigenvalue weighted by Gasteiger charge is 2.05. The van der Waals surface area contributed by atoms with Crippen molar-refractivity contribution in [2.45, 2.75) is 39.9 Å². The molecule has 102 valence electrons. The van der Waals surface area contributed by atoms with Crippen LogP contribution in [0, 0.1) is 0 Å². The van der Waals surface area contributed by atoms with Crippen LogP contribution in [0.4, 0.5) is 0 Å². The molecule has 2 rings (SSSR count). The van der Waals surface area contributed by atoms with E-state index in [1.165, 1.54) is 5.69 Å². The summed E-state index contributed by atoms with van der Waals surface area (Å²) in [5, 5.41) is 8.78. The van der Waals surface area contributed by atoms with Gasteiger partial charge in [-0.15, -0.1) is 0 Å². The van der Waals surface area contributed by atoms with Crippen molar-refractivity contribution in [1.82, 2.24) is 15.1 Å². The van der Waals surface area contributed by atoms with Gasteiger partial charge in [-0.2, -0.15) is 5.10 Å². The Bertz CT molecular complexity index is 534. The van der Waals surface area contributed by atoms with Gasteiger partial charge < -0.3 is 5.32 Å². The van der Waals surface area contributed by atoms with Crippen molar-refractivity contribution >= 4 is 11.6 Å². The Kier molecular flexibility index (Phi) is 5.00. The van der Waals surface area contributed by atoms with Crippen molar-refractivity contribution in [1.29, 1.82) is 0 Å². The number of hydrogen-bond donors (Lipinski definition) is 1. The van der Waals surface area contributed by atoms with E-state index in [2.05, 4.69) is 35.0 Å². The average molecular weight is 278 g/mol. The third-order valence-corrected chi connectivity index (χ3v) is 3.52. The van der Waals surface area contributed by atoms with E-state index in [-0.39, 0.29) is 0 Å². The van der Waals surface area contributed by atoms with Crippen molar-refractivity contribution in [3.05, 3.63) is 52.3 Å². The Labute approximate surface area is 119 Å². The molecular weight excluding hydrogens is 258 g/mol. The van der Waals surface area contributed by atoms with Crippen LogP contribution in [0.25, 0.3) is 0 Å². The summed E-state index contributed by atoms with van der Waals surface area (Å²) in [6.45, 7) is 6.73. The van der Waals surface area contributed by atoms with E-state index in [4.69, 9.17) is 11.6 Å². The fraction of sp³-hybridized carbons (Fsp3) is 0.400. The second-order valence-electron chi connectivity index (χ2n) is 4.49. The summed E-state index contributed by atoms with van der Waals surface area (Å²) in [4.78, 5) is 0. The summed E-state index contributed by atoms with van der Waals surface area (Å²) in [6.07, 6.45) is 0.977. The number of halogens is 1. The molecule has 19 heavy (non-hydrogen) atoms. The first kappa shape index (κ1) is 14.1. The maximum atomic E-state index is 6.13. The zero-order valence-electron chi connectivity index (χ0n) is 11.5. The SMILES string of the molecule is CCc1cc(CNCc2ccccc2Cl)n(CC)n1. The minimum atomic E-state index is 0.774. The molecule has 1 aromatic heterocycles. The molecule has 0 aliphatic heterocycles. The van der Waals surface area contributed by atoms with Gasteiger partial charge in [0, 0.05) is 24.7 Å². The zero-order valence-corrected chi connectivity index (χ0v) is 12.2. The highest BCUT2D eigenvalue weighted by Crippen LogP contribution is 2.14. The van der Waals surface area contributed by atoms with Crippen LogP contribution in [0.15, 0.2) is 30.3 Å². The van der Waals surface area contributed by atoms with Crippen LogP contribution in [-0.4, -0.2) is 9.78 Å². The third kappa shape index (κ3) is 3.58. The van der Waals surface area contributed by atoms with Gasteiger partial charge >= 0.3 is 0 Å². The lowest BCUT2D eigenvalue weighted by atomic mass is 10.2. The van der Waals surface area contributed by atoms with E-state index in [0.29, 0.717) is 0 Å². The van der Waals surface area contributed by atoms with Crippen molar-refractivity contribution < 1.29 is 0 Å². The molecule has 3 nitrogen and oxygen atoms in total. The predicted molar refractivity (Wildman–Crippen MR) is 79.3 cm³/mol. The molecule has 0 radical (unpaired) electrons. The van der Waals surface area contributed by atoms with Gasteiger partial charge in [-0.1, -0.05) is 36.7 Å². The van der Waals surface area contributed by atoms with Crippen molar-refractivity contribution in [3.63, 3.8) is 0 Å². The normalized spacial score (nSPS) is 10.9. The Morgan fingerprint density at radius 3 is 2.68 bits per heavy atom. The van der Waals surface area contributed by atoms with Gasteiger partial charge in [-0.3, -0.25) is 4.68 Å². The van der Waals surface area contributed by atoms with E-state index in [1.54, 1.807) is 0 Å². The molecule has 0 aliphatic rings. The molecule has 4 heteroatoms. The Morgan fingerprint density at radius 1 is 1.21 bits per heavy atom. The standard InChI is InChI=1S/C15H20ClN3/c1-3-13-9-14(19(4-2)18-13)11-17-10-12-7-5-6-8-15(12)16/h5-9,17H,3-4,10-11H2,1-2H3. The van der Waals surface area contributed by atoms with E-state index in [1.807, 2.05) is 24.3 Å². The number of aromatic nitrogens is 2. The quantitative estimate of drug-likeness (QED) is 0.877. The van der Waals surface area contributed by atoms with Crippen LogP contribution in [0.2, 0.25) is 5.02 Å². The Hall–Kier alpha value is -1.32. The summed E-state index contributed by atoms with van der Waals surface area (Å²) in [5.74, 6) is 0. The minimum Gasteiger partial charge on any atom is -0.307 e. The minimum absolute atomic E-state index is 0.774. The highest BCUT2D eigenvalue weighted by molar-refractivity contribution is 6.31. The van der Waals surface area contributed by atoms with Gasteiger partial charge in [-0.05, 0) is 31.0 Å². The molecule has 0 amide bonds. The predicted octanol–water partition coefficient (Wildman–Crippen LogP) is 3.41. The number of hydrogen-bond acceptors (Lipinski definition) is 2. The van der Waals surface area contributed by atoms with Crippen LogP contribution in [0.1, 0.15) is 30.8 Å². The number of nitrogens with one attached hydrogen (secondary N) is 1. The lowest BCUT2D eigenvalue weighted by Crippen LogP contribution is -2.16. The van der Waals surface area contributed by atoms with Crippen molar-refractivity contribution in [2.75, 3.05) is 0 Å². The van der Waals surface area contributed by atoms with Crippen molar-refractivity contribution in [2.24, 2.45) is 0 Å². The van der Waals surface area contributed by atoms with E-state index < -0.39 is 0 Å². The van der Waals surface area contributed by atoms with Gasteiger partial charge in [0.25, 0.3) is 0 Å². The topological polar surface area (TPSA) is 29.9 Å². The first-order valence-electron chi connectivity index (χ1n) is 6.74. The van der Waals surface area contributed by atoms with Gasteiger partial charge in [0.05, 0.1) is 11.4 Å². The van der Waals surface area contributed by atoms with Gasteiger partial charge in [0.15, 0.2) is 0 Å². The van der Waals surface area contributed by atoms with Crippen LogP contribution in [0.3, 0.4) is 0 Å². The van der Waals surface area contributed by atoms with Gasteiger partial charge in [-0.25, -0.2) is 0 Å². The summed E-state index contributed by atoms with van der Waals surface area (Å²) < 4.78 is 2.05. The van der Waals surface area contributed by atoms with Crippen LogP contribution in [-0.2, 0) is 26.1 Å². The first-order valence-corrected chi connectivity index (χ1v) is 7.12. The Balaban J connectivity index is 1.96. The smallest absolute Gasteiger partial charge is 0.0625 e. The molecular formula is C15H20ClN3. The fourth-order valence-electron chi connectivity index (χ4n) is 2.07. The fourth-order valence-corrected chi connectivity index (χ4v) is 2.27. The molecule has 0 unspecified atom stereocenters. The molecule has 0 saturated carbocycles. The number of nitrogens with zero attached hydrogens (tertiary/aromatic N) is 2. The van der Waals surface area contributed by atoms with Crippen LogP contribution < -0.4 is 5.32 Å². The monoisotopic (exact) mass is 277 g/mol. The second-order valence-corrected chi connectivity index (χ2v) is 4.90. The molecule has 0 bridgehead atoms. The van der Waals surface area contributed by atoms with Gasteiger partial charge in [0.2, 0.25) is 0 Å². The maximum Gasteiger partial charge on any atom is 0.0625 e. The molecule has 2 aromatic rings.